The van der Waals surface area contributed by atoms with Gasteiger partial charge in [0, 0.05) is 22.7 Å². The van der Waals surface area contributed by atoms with E-state index in [0.717, 1.165) is 23.0 Å². The van der Waals surface area contributed by atoms with Crippen LogP contribution in [-0.4, -0.2) is 29.9 Å². The van der Waals surface area contributed by atoms with Crippen LogP contribution in [0.25, 0.3) is 0 Å². The second kappa shape index (κ2) is 5.54. The highest BCUT2D eigenvalue weighted by Crippen LogP contribution is 2.24. The summed E-state index contributed by atoms with van der Waals surface area (Å²) >= 11 is 8.29. The van der Waals surface area contributed by atoms with Crippen LogP contribution >= 0.6 is 34.2 Å². The highest BCUT2D eigenvalue weighted by Gasteiger charge is 2.29. The molecule has 1 aromatic rings. The molecule has 0 aromatic heterocycles. The van der Waals surface area contributed by atoms with Crippen LogP contribution in [0.3, 0.4) is 0 Å². The maximum atomic E-state index is 12.3. The molecular weight excluding hydrogens is 351 g/mol. The number of amides is 1. The third-order valence-electron chi connectivity index (χ3n) is 3.07. The number of carbonyl (C=O) groups excluding carboxylic acids is 1. The van der Waals surface area contributed by atoms with Crippen LogP contribution < -0.4 is 5.73 Å². The fourth-order valence-electron chi connectivity index (χ4n) is 2.17. The molecule has 0 saturated carbocycles. The number of nitrogens with two attached hydrogens (primary N) is 1. The van der Waals surface area contributed by atoms with Gasteiger partial charge in [-0.05, 0) is 53.6 Å². The maximum Gasteiger partial charge on any atom is 0.255 e. The van der Waals surface area contributed by atoms with Gasteiger partial charge in [0.2, 0.25) is 0 Å². The fourth-order valence-corrected chi connectivity index (χ4v) is 3.10. The topological polar surface area (TPSA) is 46.3 Å². The zero-order valence-electron chi connectivity index (χ0n) is 9.33. The molecule has 2 N–H and O–H groups in total. The first-order chi connectivity index (χ1) is 8.13. The summed E-state index contributed by atoms with van der Waals surface area (Å²) in [5.74, 6) is -0.000602. The number of likely N-dealkylation sites (tertiary alicyclic amines) is 1. The Balaban J connectivity index is 2.24. The molecule has 3 nitrogen and oxygen atoms in total. The lowest BCUT2D eigenvalue weighted by Gasteiger charge is -2.23. The molecule has 0 bridgehead atoms. The van der Waals surface area contributed by atoms with Gasteiger partial charge in [0.25, 0.3) is 5.91 Å². The summed E-state index contributed by atoms with van der Waals surface area (Å²) in [5.41, 5.74) is 6.25. The minimum Gasteiger partial charge on any atom is -0.334 e. The Hall–Kier alpha value is -0.330. The van der Waals surface area contributed by atoms with Crippen LogP contribution in [0.15, 0.2) is 18.2 Å². The Morgan fingerprint density at radius 3 is 3.00 bits per heavy atom. The van der Waals surface area contributed by atoms with Gasteiger partial charge in [-0.15, -0.1) is 0 Å². The Labute approximate surface area is 119 Å². The minimum absolute atomic E-state index is 0.000602. The number of benzene rings is 1. The van der Waals surface area contributed by atoms with Crippen LogP contribution in [0.1, 0.15) is 23.2 Å². The van der Waals surface area contributed by atoms with Crippen LogP contribution in [-0.2, 0) is 0 Å². The normalized spacial score (nSPS) is 19.7. The van der Waals surface area contributed by atoms with Crippen molar-refractivity contribution in [3.05, 3.63) is 32.4 Å². The van der Waals surface area contributed by atoms with Crippen molar-refractivity contribution in [1.29, 1.82) is 0 Å². The third-order valence-corrected chi connectivity index (χ3v) is 4.06. The summed E-state index contributed by atoms with van der Waals surface area (Å²) in [6.45, 7) is 1.30. The van der Waals surface area contributed by atoms with Gasteiger partial charge in [0.15, 0.2) is 0 Å². The van der Waals surface area contributed by atoms with Gasteiger partial charge in [0.05, 0.1) is 10.6 Å². The molecule has 17 heavy (non-hydrogen) atoms. The Kier molecular flexibility index (Phi) is 4.27. The Bertz CT molecular complexity index is 439. The number of carbonyl (C=O) groups is 1. The van der Waals surface area contributed by atoms with E-state index in [1.54, 1.807) is 6.07 Å². The van der Waals surface area contributed by atoms with Gasteiger partial charge in [-0.25, -0.2) is 0 Å². The van der Waals surface area contributed by atoms with E-state index in [9.17, 15) is 4.79 Å². The summed E-state index contributed by atoms with van der Waals surface area (Å²) in [6, 6.07) is 5.66. The highest BCUT2D eigenvalue weighted by atomic mass is 127. The smallest absolute Gasteiger partial charge is 0.255 e. The molecule has 1 aliphatic heterocycles. The zero-order valence-corrected chi connectivity index (χ0v) is 12.2. The quantitative estimate of drug-likeness (QED) is 0.820. The van der Waals surface area contributed by atoms with Crippen molar-refractivity contribution < 1.29 is 4.79 Å². The molecule has 92 valence electrons. The molecule has 1 fully saturated rings. The van der Waals surface area contributed by atoms with Crippen molar-refractivity contribution >= 4 is 40.1 Å². The second-order valence-electron chi connectivity index (χ2n) is 4.15. The first-order valence-electron chi connectivity index (χ1n) is 5.59. The predicted octanol–water partition coefficient (Wildman–Crippen LogP) is 2.51. The van der Waals surface area contributed by atoms with Crippen molar-refractivity contribution in [2.24, 2.45) is 5.73 Å². The van der Waals surface area contributed by atoms with Crippen molar-refractivity contribution in [1.82, 2.24) is 4.90 Å². The molecule has 0 aliphatic carbocycles. The molecule has 1 amide bonds. The van der Waals surface area contributed by atoms with E-state index < -0.39 is 0 Å². The second-order valence-corrected chi connectivity index (χ2v) is 5.81. The van der Waals surface area contributed by atoms with Crippen LogP contribution in [0, 0.1) is 3.57 Å². The molecular formula is C12H14ClIN2O. The zero-order chi connectivity index (χ0) is 12.4. The standard InChI is InChI=1S/C12H14ClIN2O/c13-11-6-8(14)3-4-10(11)12(17)16-5-1-2-9(16)7-15/h3-4,6,9H,1-2,5,7,15H2. The van der Waals surface area contributed by atoms with E-state index in [0.29, 0.717) is 17.1 Å². The maximum absolute atomic E-state index is 12.3. The van der Waals surface area contributed by atoms with Gasteiger partial charge in [-0.2, -0.15) is 0 Å². The largest absolute Gasteiger partial charge is 0.334 e. The molecule has 0 spiro atoms. The molecule has 0 radical (unpaired) electrons. The number of rotatable bonds is 2. The molecule has 1 atom stereocenters. The number of halogens is 2. The predicted molar refractivity (Wildman–Crippen MR) is 77.3 cm³/mol. The van der Waals surface area contributed by atoms with E-state index >= 15 is 0 Å². The Morgan fingerprint density at radius 2 is 2.35 bits per heavy atom. The summed E-state index contributed by atoms with van der Waals surface area (Å²) in [5, 5.41) is 0.518. The SMILES string of the molecule is NCC1CCCN1C(=O)c1ccc(I)cc1Cl. The van der Waals surface area contributed by atoms with Gasteiger partial charge < -0.3 is 10.6 Å². The van der Waals surface area contributed by atoms with Gasteiger partial charge >= 0.3 is 0 Å². The van der Waals surface area contributed by atoms with E-state index in [4.69, 9.17) is 17.3 Å². The van der Waals surface area contributed by atoms with Crippen molar-refractivity contribution in [3.8, 4) is 0 Å². The minimum atomic E-state index is -0.000602. The summed E-state index contributed by atoms with van der Waals surface area (Å²) in [4.78, 5) is 14.2. The van der Waals surface area contributed by atoms with Crippen molar-refractivity contribution in [3.63, 3.8) is 0 Å². The number of hydrogen-bond acceptors (Lipinski definition) is 2. The highest BCUT2D eigenvalue weighted by molar-refractivity contribution is 14.1. The van der Waals surface area contributed by atoms with Crippen LogP contribution in [0.4, 0.5) is 0 Å². The van der Waals surface area contributed by atoms with Crippen molar-refractivity contribution in [2.45, 2.75) is 18.9 Å². The monoisotopic (exact) mass is 364 g/mol. The lowest BCUT2D eigenvalue weighted by Crippen LogP contribution is -2.40. The fraction of sp³-hybridized carbons (Fsp3) is 0.417. The van der Waals surface area contributed by atoms with Gasteiger partial charge in [-0.1, -0.05) is 11.6 Å². The van der Waals surface area contributed by atoms with Crippen LogP contribution in [0.2, 0.25) is 5.02 Å². The first-order valence-corrected chi connectivity index (χ1v) is 7.05. The Morgan fingerprint density at radius 1 is 1.59 bits per heavy atom. The van der Waals surface area contributed by atoms with Crippen LogP contribution in [0.5, 0.6) is 0 Å². The molecule has 1 saturated heterocycles. The summed E-state index contributed by atoms with van der Waals surface area (Å²) in [7, 11) is 0. The molecule has 1 heterocycles. The van der Waals surface area contributed by atoms with E-state index in [1.165, 1.54) is 0 Å². The molecule has 1 aliphatic rings. The summed E-state index contributed by atoms with van der Waals surface area (Å²) < 4.78 is 1.03. The average Bonchev–Trinajstić information content (AvgIpc) is 2.76. The van der Waals surface area contributed by atoms with Gasteiger partial charge in [-0.3, -0.25) is 4.79 Å². The first kappa shape index (κ1) is 13.1. The summed E-state index contributed by atoms with van der Waals surface area (Å²) in [6.07, 6.45) is 2.01. The lowest BCUT2D eigenvalue weighted by molar-refractivity contribution is 0.0741. The molecule has 1 aromatic carbocycles. The lowest BCUT2D eigenvalue weighted by atomic mass is 10.1. The average molecular weight is 365 g/mol. The molecule has 1 unspecified atom stereocenters. The molecule has 5 heteroatoms. The number of nitrogens with zero attached hydrogens (tertiary/aromatic N) is 1. The van der Waals surface area contributed by atoms with E-state index in [1.807, 2.05) is 17.0 Å². The number of hydrogen-bond donors (Lipinski definition) is 1. The van der Waals surface area contributed by atoms with Crippen molar-refractivity contribution in [2.75, 3.05) is 13.1 Å². The van der Waals surface area contributed by atoms with E-state index in [2.05, 4.69) is 22.6 Å². The third kappa shape index (κ3) is 2.74. The van der Waals surface area contributed by atoms with Gasteiger partial charge in [0.1, 0.15) is 0 Å². The van der Waals surface area contributed by atoms with E-state index in [-0.39, 0.29) is 11.9 Å². The molecule has 2 rings (SSSR count).